The molecule has 4 nitrogen and oxygen atoms in total. The fourth-order valence-corrected chi connectivity index (χ4v) is 2.14. The largest absolute Gasteiger partial charge is 0.497 e. The second-order valence-corrected chi connectivity index (χ2v) is 4.25. The van der Waals surface area contributed by atoms with Crippen molar-refractivity contribution < 1.29 is 9.84 Å². The highest BCUT2D eigenvalue weighted by Gasteiger charge is 2.13. The van der Waals surface area contributed by atoms with Gasteiger partial charge in [0, 0.05) is 31.3 Å². The van der Waals surface area contributed by atoms with Crippen LogP contribution in [-0.2, 0) is 13.5 Å². The molecule has 0 aliphatic carbocycles. The zero-order chi connectivity index (χ0) is 13.1. The van der Waals surface area contributed by atoms with E-state index in [1.54, 1.807) is 7.11 Å². The average Bonchev–Trinajstić information content (AvgIpc) is 2.67. The van der Waals surface area contributed by atoms with Crippen molar-refractivity contribution in [3.8, 4) is 17.0 Å². The van der Waals surface area contributed by atoms with Crippen LogP contribution >= 0.6 is 0 Å². The number of hydrogen-bond donors (Lipinski definition) is 1. The second kappa shape index (κ2) is 5.23. The highest BCUT2D eigenvalue weighted by atomic mass is 16.5. The van der Waals surface area contributed by atoms with Gasteiger partial charge in [0.2, 0.25) is 0 Å². The predicted molar refractivity (Wildman–Crippen MR) is 70.7 cm³/mol. The van der Waals surface area contributed by atoms with E-state index >= 15 is 0 Å². The fraction of sp³-hybridized carbons (Fsp3) is 0.357. The molecular weight excluding hydrogens is 228 g/mol. The standard InChI is InChI=1S/C14H18N2O2/c1-10-13(8-9-17)16(2)15-14(10)11-4-6-12(18-3)7-5-11/h4-7,17H,8-9H2,1-3H3. The molecule has 0 unspecified atom stereocenters. The van der Waals surface area contributed by atoms with E-state index in [4.69, 9.17) is 9.84 Å². The number of aryl methyl sites for hydroxylation is 1. The lowest BCUT2D eigenvalue weighted by molar-refractivity contribution is 0.296. The van der Waals surface area contributed by atoms with Crippen LogP contribution in [0.4, 0.5) is 0 Å². The van der Waals surface area contributed by atoms with Gasteiger partial charge in [0.25, 0.3) is 0 Å². The van der Waals surface area contributed by atoms with Crippen molar-refractivity contribution in [2.24, 2.45) is 7.05 Å². The Morgan fingerprint density at radius 2 is 1.94 bits per heavy atom. The number of benzene rings is 1. The predicted octanol–water partition coefficient (Wildman–Crippen LogP) is 1.94. The topological polar surface area (TPSA) is 47.3 Å². The summed E-state index contributed by atoms with van der Waals surface area (Å²) in [5.41, 5.74) is 4.22. The van der Waals surface area contributed by atoms with Gasteiger partial charge < -0.3 is 9.84 Å². The molecule has 18 heavy (non-hydrogen) atoms. The number of hydrogen-bond acceptors (Lipinski definition) is 3. The van der Waals surface area contributed by atoms with Gasteiger partial charge in [-0.05, 0) is 36.8 Å². The Kier molecular flexibility index (Phi) is 3.67. The lowest BCUT2D eigenvalue weighted by Gasteiger charge is -2.02. The summed E-state index contributed by atoms with van der Waals surface area (Å²) in [6, 6.07) is 7.85. The molecule has 1 N–H and O–H groups in total. The summed E-state index contributed by atoms with van der Waals surface area (Å²) in [6.45, 7) is 2.18. The molecule has 0 bridgehead atoms. The smallest absolute Gasteiger partial charge is 0.118 e. The molecule has 0 saturated carbocycles. The number of aromatic nitrogens is 2. The Hall–Kier alpha value is -1.81. The average molecular weight is 246 g/mol. The minimum Gasteiger partial charge on any atom is -0.497 e. The molecule has 1 heterocycles. The van der Waals surface area contributed by atoms with Crippen LogP contribution < -0.4 is 4.74 Å². The Morgan fingerprint density at radius 1 is 1.28 bits per heavy atom. The second-order valence-electron chi connectivity index (χ2n) is 4.25. The van der Waals surface area contributed by atoms with E-state index < -0.39 is 0 Å². The van der Waals surface area contributed by atoms with Crippen LogP contribution in [0.15, 0.2) is 24.3 Å². The van der Waals surface area contributed by atoms with Crippen LogP contribution in [0.2, 0.25) is 0 Å². The van der Waals surface area contributed by atoms with E-state index in [0.717, 1.165) is 28.3 Å². The first kappa shape index (κ1) is 12.6. The molecule has 0 aliphatic rings. The molecule has 0 saturated heterocycles. The summed E-state index contributed by atoms with van der Waals surface area (Å²) in [5.74, 6) is 0.836. The third-order valence-corrected chi connectivity index (χ3v) is 3.14. The van der Waals surface area contributed by atoms with Crippen molar-refractivity contribution in [1.82, 2.24) is 9.78 Å². The lowest BCUT2D eigenvalue weighted by atomic mass is 10.1. The fourth-order valence-electron chi connectivity index (χ4n) is 2.14. The van der Waals surface area contributed by atoms with Crippen molar-refractivity contribution >= 4 is 0 Å². The molecule has 0 amide bonds. The molecule has 1 aromatic heterocycles. The highest BCUT2D eigenvalue weighted by Crippen LogP contribution is 2.26. The van der Waals surface area contributed by atoms with Gasteiger partial charge in [-0.15, -0.1) is 0 Å². The van der Waals surface area contributed by atoms with Crippen LogP contribution in [0, 0.1) is 6.92 Å². The summed E-state index contributed by atoms with van der Waals surface area (Å²) >= 11 is 0. The maximum Gasteiger partial charge on any atom is 0.118 e. The molecule has 0 aliphatic heterocycles. The van der Waals surface area contributed by atoms with Gasteiger partial charge >= 0.3 is 0 Å². The summed E-state index contributed by atoms with van der Waals surface area (Å²) < 4.78 is 6.98. The highest BCUT2D eigenvalue weighted by molar-refractivity contribution is 5.64. The molecular formula is C14H18N2O2. The molecule has 4 heteroatoms. The van der Waals surface area contributed by atoms with Crippen molar-refractivity contribution in [3.05, 3.63) is 35.5 Å². The molecule has 0 fully saturated rings. The molecule has 1 aromatic carbocycles. The van der Waals surface area contributed by atoms with Gasteiger partial charge in [-0.2, -0.15) is 5.10 Å². The molecule has 0 radical (unpaired) electrons. The maximum absolute atomic E-state index is 9.06. The Bertz CT molecular complexity index is 529. The zero-order valence-electron chi connectivity index (χ0n) is 11.0. The van der Waals surface area contributed by atoms with Gasteiger partial charge in [-0.3, -0.25) is 4.68 Å². The van der Waals surface area contributed by atoms with Gasteiger partial charge in [0.15, 0.2) is 0 Å². The summed E-state index contributed by atoms with van der Waals surface area (Å²) in [5, 5.41) is 13.6. The quantitative estimate of drug-likeness (QED) is 0.896. The van der Waals surface area contributed by atoms with Crippen molar-refractivity contribution in [2.45, 2.75) is 13.3 Å². The van der Waals surface area contributed by atoms with E-state index in [1.807, 2.05) is 42.9 Å². The lowest BCUT2D eigenvalue weighted by Crippen LogP contribution is -2.01. The summed E-state index contributed by atoms with van der Waals surface area (Å²) in [7, 11) is 3.56. The third kappa shape index (κ3) is 2.24. The van der Waals surface area contributed by atoms with E-state index in [2.05, 4.69) is 5.10 Å². The maximum atomic E-state index is 9.06. The van der Waals surface area contributed by atoms with Gasteiger partial charge in [-0.25, -0.2) is 0 Å². The first-order valence-electron chi connectivity index (χ1n) is 5.95. The minimum atomic E-state index is 0.141. The Labute approximate surface area is 107 Å². The van der Waals surface area contributed by atoms with Crippen LogP contribution in [-0.4, -0.2) is 28.6 Å². The minimum absolute atomic E-state index is 0.141. The van der Waals surface area contributed by atoms with Crippen molar-refractivity contribution in [2.75, 3.05) is 13.7 Å². The number of ether oxygens (including phenoxy) is 1. The SMILES string of the molecule is COc1ccc(-c2nn(C)c(CCO)c2C)cc1. The first-order valence-corrected chi connectivity index (χ1v) is 5.95. The van der Waals surface area contributed by atoms with Gasteiger partial charge in [-0.1, -0.05) is 0 Å². The van der Waals surface area contributed by atoms with Crippen LogP contribution in [0.3, 0.4) is 0 Å². The Morgan fingerprint density at radius 3 is 2.50 bits per heavy atom. The number of nitrogens with zero attached hydrogens (tertiary/aromatic N) is 2. The van der Waals surface area contributed by atoms with Crippen molar-refractivity contribution in [1.29, 1.82) is 0 Å². The molecule has 0 atom stereocenters. The third-order valence-electron chi connectivity index (χ3n) is 3.14. The van der Waals surface area contributed by atoms with Crippen LogP contribution in [0.5, 0.6) is 5.75 Å². The van der Waals surface area contributed by atoms with Gasteiger partial charge in [0.1, 0.15) is 5.75 Å². The van der Waals surface area contributed by atoms with Crippen LogP contribution in [0.1, 0.15) is 11.3 Å². The number of methoxy groups -OCH3 is 1. The normalized spacial score (nSPS) is 10.7. The number of aliphatic hydroxyl groups is 1. The molecule has 0 spiro atoms. The number of aliphatic hydroxyl groups excluding tert-OH is 1. The van der Waals surface area contributed by atoms with E-state index in [9.17, 15) is 0 Å². The zero-order valence-corrected chi connectivity index (χ0v) is 11.0. The molecule has 96 valence electrons. The molecule has 2 rings (SSSR count). The monoisotopic (exact) mass is 246 g/mol. The number of rotatable bonds is 4. The summed E-state index contributed by atoms with van der Waals surface area (Å²) in [6.07, 6.45) is 0.630. The van der Waals surface area contributed by atoms with E-state index in [0.29, 0.717) is 6.42 Å². The molecule has 2 aromatic rings. The summed E-state index contributed by atoms with van der Waals surface area (Å²) in [4.78, 5) is 0. The Balaban J connectivity index is 2.40. The van der Waals surface area contributed by atoms with E-state index in [1.165, 1.54) is 0 Å². The van der Waals surface area contributed by atoms with E-state index in [-0.39, 0.29) is 6.61 Å². The van der Waals surface area contributed by atoms with Crippen LogP contribution in [0.25, 0.3) is 11.3 Å². The van der Waals surface area contributed by atoms with Crippen molar-refractivity contribution in [3.63, 3.8) is 0 Å². The van der Waals surface area contributed by atoms with Gasteiger partial charge in [0.05, 0.1) is 12.8 Å². The first-order chi connectivity index (χ1) is 8.67.